The van der Waals surface area contributed by atoms with Gasteiger partial charge >= 0.3 is 7.12 Å². The summed E-state index contributed by atoms with van der Waals surface area (Å²) in [5, 5.41) is 0. The highest BCUT2D eigenvalue weighted by molar-refractivity contribution is 6.53. The SMILES string of the molecule is COB(OC)/C1=C/CCCCCCCCCC1. The number of allylic oxidation sites excluding steroid dienone is 2. The van der Waals surface area contributed by atoms with E-state index < -0.39 is 0 Å². The van der Waals surface area contributed by atoms with Crippen molar-refractivity contribution in [1.29, 1.82) is 0 Å². The van der Waals surface area contributed by atoms with Gasteiger partial charge in [0.15, 0.2) is 0 Å². The minimum atomic E-state index is -0.127. The summed E-state index contributed by atoms with van der Waals surface area (Å²) in [7, 11) is 3.33. The van der Waals surface area contributed by atoms with Crippen LogP contribution in [0.15, 0.2) is 11.5 Å². The maximum absolute atomic E-state index is 5.37. The number of hydrogen-bond donors (Lipinski definition) is 0. The molecule has 0 aromatic rings. The lowest BCUT2D eigenvalue weighted by Gasteiger charge is -2.14. The van der Waals surface area contributed by atoms with Crippen LogP contribution >= 0.6 is 0 Å². The molecule has 0 unspecified atom stereocenters. The van der Waals surface area contributed by atoms with Crippen LogP contribution in [0.25, 0.3) is 0 Å². The maximum Gasteiger partial charge on any atom is 0.488 e. The largest absolute Gasteiger partial charge is 0.488 e. The molecule has 0 heterocycles. The molecule has 1 rings (SSSR count). The molecule has 3 heteroatoms. The maximum atomic E-state index is 5.37. The van der Waals surface area contributed by atoms with Crippen molar-refractivity contribution in [2.24, 2.45) is 0 Å². The smallest absolute Gasteiger partial charge is 0.410 e. The monoisotopic (exact) mass is 238 g/mol. The van der Waals surface area contributed by atoms with Crippen molar-refractivity contribution >= 4 is 7.12 Å². The fourth-order valence-electron chi connectivity index (χ4n) is 2.54. The van der Waals surface area contributed by atoms with Crippen molar-refractivity contribution in [1.82, 2.24) is 0 Å². The predicted molar refractivity (Wildman–Crippen MR) is 74.0 cm³/mol. The summed E-state index contributed by atoms with van der Waals surface area (Å²) in [5.74, 6) is 0. The predicted octanol–water partition coefficient (Wildman–Crippen LogP) is 4.15. The first-order valence-corrected chi connectivity index (χ1v) is 7.13. The van der Waals surface area contributed by atoms with E-state index in [1.807, 2.05) is 0 Å². The first-order valence-electron chi connectivity index (χ1n) is 7.13. The van der Waals surface area contributed by atoms with Gasteiger partial charge in [-0.15, -0.1) is 0 Å². The molecule has 0 aromatic carbocycles. The van der Waals surface area contributed by atoms with E-state index in [0.29, 0.717) is 0 Å². The van der Waals surface area contributed by atoms with Crippen LogP contribution in [0.5, 0.6) is 0 Å². The van der Waals surface area contributed by atoms with E-state index in [-0.39, 0.29) is 7.12 Å². The van der Waals surface area contributed by atoms with Gasteiger partial charge in [0, 0.05) is 14.2 Å². The molecule has 1 aliphatic rings. The molecule has 0 fully saturated rings. The number of rotatable bonds is 3. The normalized spacial score (nSPS) is 23.1. The minimum absolute atomic E-state index is 0.127. The molecule has 0 aliphatic heterocycles. The van der Waals surface area contributed by atoms with E-state index in [0.717, 1.165) is 6.42 Å². The second-order valence-corrected chi connectivity index (χ2v) is 4.95. The van der Waals surface area contributed by atoms with Gasteiger partial charge in [0.05, 0.1) is 0 Å². The molecule has 0 saturated heterocycles. The summed E-state index contributed by atoms with van der Waals surface area (Å²) >= 11 is 0. The highest BCUT2D eigenvalue weighted by atomic mass is 16.6. The molecule has 0 aromatic heterocycles. The first-order chi connectivity index (χ1) is 8.38. The highest BCUT2D eigenvalue weighted by Crippen LogP contribution is 2.18. The van der Waals surface area contributed by atoms with Crippen molar-refractivity contribution < 1.29 is 9.31 Å². The van der Waals surface area contributed by atoms with Crippen LogP contribution < -0.4 is 0 Å². The third kappa shape index (κ3) is 6.28. The molecular weight excluding hydrogens is 211 g/mol. The Balaban J connectivity index is 2.49. The Morgan fingerprint density at radius 1 is 0.824 bits per heavy atom. The fraction of sp³-hybridized carbons (Fsp3) is 0.857. The van der Waals surface area contributed by atoms with E-state index in [1.165, 1.54) is 63.3 Å². The molecule has 0 spiro atoms. The molecule has 0 radical (unpaired) electrons. The molecule has 2 nitrogen and oxygen atoms in total. The lowest BCUT2D eigenvalue weighted by atomic mass is 9.74. The average Bonchev–Trinajstić information content (AvgIpc) is 2.33. The molecule has 0 amide bonds. The second-order valence-electron chi connectivity index (χ2n) is 4.95. The lowest BCUT2D eigenvalue weighted by molar-refractivity contribution is 0.285. The van der Waals surface area contributed by atoms with E-state index >= 15 is 0 Å². The summed E-state index contributed by atoms with van der Waals surface area (Å²) < 4.78 is 10.7. The van der Waals surface area contributed by atoms with E-state index in [4.69, 9.17) is 9.31 Å². The molecule has 0 atom stereocenters. The van der Waals surface area contributed by atoms with Gasteiger partial charge in [-0.05, 0) is 24.7 Å². The van der Waals surface area contributed by atoms with Crippen LogP contribution in [-0.2, 0) is 9.31 Å². The Hall–Kier alpha value is -0.275. The molecule has 17 heavy (non-hydrogen) atoms. The zero-order chi connectivity index (χ0) is 12.3. The van der Waals surface area contributed by atoms with Crippen molar-refractivity contribution in [3.05, 3.63) is 11.5 Å². The van der Waals surface area contributed by atoms with E-state index in [2.05, 4.69) is 6.08 Å². The first kappa shape index (κ1) is 14.8. The van der Waals surface area contributed by atoms with E-state index in [9.17, 15) is 0 Å². The molecule has 0 bridgehead atoms. The summed E-state index contributed by atoms with van der Waals surface area (Å²) in [6, 6.07) is 0. The van der Waals surface area contributed by atoms with E-state index in [1.54, 1.807) is 14.2 Å². The Morgan fingerprint density at radius 3 is 1.94 bits per heavy atom. The van der Waals surface area contributed by atoms with Gasteiger partial charge in [-0.25, -0.2) is 0 Å². The zero-order valence-electron chi connectivity index (χ0n) is 11.5. The molecular formula is C14H27BO2. The third-order valence-electron chi connectivity index (χ3n) is 3.56. The highest BCUT2D eigenvalue weighted by Gasteiger charge is 2.20. The van der Waals surface area contributed by atoms with Gasteiger partial charge in [0.1, 0.15) is 0 Å². The minimum Gasteiger partial charge on any atom is -0.410 e. The number of hydrogen-bond acceptors (Lipinski definition) is 2. The quantitative estimate of drug-likeness (QED) is 0.687. The van der Waals surface area contributed by atoms with Gasteiger partial charge in [0.25, 0.3) is 0 Å². The average molecular weight is 238 g/mol. The summed E-state index contributed by atoms with van der Waals surface area (Å²) in [6.07, 6.45) is 15.6. The van der Waals surface area contributed by atoms with Crippen LogP contribution in [-0.4, -0.2) is 21.3 Å². The Morgan fingerprint density at radius 2 is 1.35 bits per heavy atom. The fourth-order valence-corrected chi connectivity index (χ4v) is 2.54. The molecule has 0 N–H and O–H groups in total. The third-order valence-corrected chi connectivity index (χ3v) is 3.56. The Kier molecular flexibility index (Phi) is 8.46. The second kappa shape index (κ2) is 9.72. The van der Waals surface area contributed by atoms with Gasteiger partial charge in [-0.2, -0.15) is 0 Å². The topological polar surface area (TPSA) is 18.5 Å². The molecule has 1 aliphatic carbocycles. The standard InChI is InChI=1S/C14H27BO2/c1-16-15(17-2)14-12-10-8-6-4-3-5-7-9-11-13-14/h12H,3-11,13H2,1-2H3/b14-12+. The van der Waals surface area contributed by atoms with Crippen LogP contribution in [0.4, 0.5) is 0 Å². The van der Waals surface area contributed by atoms with Gasteiger partial charge in [-0.3, -0.25) is 0 Å². The summed E-state index contributed by atoms with van der Waals surface area (Å²) in [6.45, 7) is 0. The Bertz CT molecular complexity index is 212. The van der Waals surface area contributed by atoms with Crippen LogP contribution in [0.3, 0.4) is 0 Å². The lowest BCUT2D eigenvalue weighted by Crippen LogP contribution is -2.22. The zero-order valence-corrected chi connectivity index (χ0v) is 11.5. The van der Waals surface area contributed by atoms with Crippen molar-refractivity contribution in [2.45, 2.75) is 64.2 Å². The summed E-state index contributed by atoms with van der Waals surface area (Å²) in [5.41, 5.74) is 1.34. The summed E-state index contributed by atoms with van der Waals surface area (Å²) in [4.78, 5) is 0. The van der Waals surface area contributed by atoms with Gasteiger partial charge in [0.2, 0.25) is 0 Å². The van der Waals surface area contributed by atoms with Crippen LogP contribution in [0, 0.1) is 0 Å². The molecule has 0 saturated carbocycles. The van der Waals surface area contributed by atoms with Crippen molar-refractivity contribution in [3.8, 4) is 0 Å². The van der Waals surface area contributed by atoms with Crippen LogP contribution in [0.2, 0.25) is 0 Å². The van der Waals surface area contributed by atoms with Gasteiger partial charge < -0.3 is 9.31 Å². The molecule has 98 valence electrons. The van der Waals surface area contributed by atoms with Crippen molar-refractivity contribution in [2.75, 3.05) is 14.2 Å². The Labute approximate surface area is 107 Å². The van der Waals surface area contributed by atoms with Crippen LogP contribution in [0.1, 0.15) is 64.2 Å². The van der Waals surface area contributed by atoms with Crippen molar-refractivity contribution in [3.63, 3.8) is 0 Å². The van der Waals surface area contributed by atoms with Gasteiger partial charge in [-0.1, -0.05) is 51.0 Å².